The van der Waals surface area contributed by atoms with E-state index < -0.39 is 0 Å². The maximum atomic E-state index is 5.77. The number of benzene rings is 2. The van der Waals surface area contributed by atoms with Crippen LogP contribution in [0.2, 0.25) is 0 Å². The number of thioether (sulfide) groups is 1. The van der Waals surface area contributed by atoms with Crippen molar-refractivity contribution in [2.45, 2.75) is 10.9 Å². The van der Waals surface area contributed by atoms with Crippen molar-refractivity contribution >= 4 is 43.6 Å². The van der Waals surface area contributed by atoms with Crippen LogP contribution in [0.3, 0.4) is 0 Å². The average Bonchev–Trinajstić information content (AvgIpc) is 3.30. The van der Waals surface area contributed by atoms with E-state index >= 15 is 0 Å². The van der Waals surface area contributed by atoms with E-state index in [-0.39, 0.29) is 0 Å². The third-order valence-electron chi connectivity index (χ3n) is 3.59. The Hall–Kier alpha value is -1.90. The van der Waals surface area contributed by atoms with Crippen LogP contribution in [0.1, 0.15) is 5.89 Å². The Morgan fingerprint density at radius 1 is 0.923 bits per heavy atom. The monoisotopic (exact) mass is 490 g/mol. The van der Waals surface area contributed by atoms with Crippen LogP contribution in [0.5, 0.6) is 0 Å². The smallest absolute Gasteiger partial charge is 0.247 e. The van der Waals surface area contributed by atoms with Crippen molar-refractivity contribution in [2.24, 2.45) is 0 Å². The molecule has 2 aromatic heterocycles. The van der Waals surface area contributed by atoms with Crippen molar-refractivity contribution in [3.63, 3.8) is 0 Å². The number of halogens is 2. The lowest BCUT2D eigenvalue weighted by atomic mass is 10.2. The normalized spacial score (nSPS) is 11.0. The number of hydrogen-bond donors (Lipinski definition) is 0. The molecule has 0 fully saturated rings. The number of hydrogen-bond acceptors (Lipinski definition) is 5. The summed E-state index contributed by atoms with van der Waals surface area (Å²) in [7, 11) is 0. The van der Waals surface area contributed by atoms with Crippen LogP contribution in [-0.2, 0) is 5.75 Å². The van der Waals surface area contributed by atoms with Gasteiger partial charge in [-0.1, -0.05) is 43.6 Å². The molecule has 0 bridgehead atoms. The standard InChI is InChI=1S/C18H12Br2N4OS/c19-13-3-1-12(2-4-13)17-23-22-16(25-17)11-26-18-21-9-10-24(18)15-7-5-14(20)6-8-15/h1-10H,11H2. The van der Waals surface area contributed by atoms with Crippen molar-refractivity contribution in [1.29, 1.82) is 0 Å². The van der Waals surface area contributed by atoms with Gasteiger partial charge in [-0.05, 0) is 48.5 Å². The summed E-state index contributed by atoms with van der Waals surface area (Å²) in [5.41, 5.74) is 1.95. The molecule has 0 radical (unpaired) electrons. The van der Waals surface area contributed by atoms with Crippen molar-refractivity contribution in [2.75, 3.05) is 0 Å². The molecule has 0 N–H and O–H groups in total. The second-order valence-corrected chi connectivity index (χ2v) is 8.13. The zero-order chi connectivity index (χ0) is 17.9. The van der Waals surface area contributed by atoms with Gasteiger partial charge in [0.2, 0.25) is 11.8 Å². The van der Waals surface area contributed by atoms with Gasteiger partial charge < -0.3 is 4.42 Å². The molecule has 2 heterocycles. The number of aromatic nitrogens is 4. The first-order chi connectivity index (χ1) is 12.7. The molecule has 0 saturated heterocycles. The molecule has 0 saturated carbocycles. The molecule has 0 spiro atoms. The van der Waals surface area contributed by atoms with Gasteiger partial charge in [0.15, 0.2) is 5.16 Å². The summed E-state index contributed by atoms with van der Waals surface area (Å²) in [5.74, 6) is 1.64. The molecule has 8 heteroatoms. The average molecular weight is 492 g/mol. The highest BCUT2D eigenvalue weighted by Gasteiger charge is 2.11. The SMILES string of the molecule is Brc1ccc(-c2nnc(CSc3nccn3-c3ccc(Br)cc3)o2)cc1. The molecular weight excluding hydrogens is 480 g/mol. The number of nitrogens with zero attached hydrogens (tertiary/aromatic N) is 4. The van der Waals surface area contributed by atoms with Gasteiger partial charge in [-0.3, -0.25) is 4.57 Å². The fourth-order valence-corrected chi connectivity index (χ4v) is 3.68. The highest BCUT2D eigenvalue weighted by Crippen LogP contribution is 2.26. The Kier molecular flexibility index (Phi) is 5.23. The molecule has 0 unspecified atom stereocenters. The van der Waals surface area contributed by atoms with Gasteiger partial charge >= 0.3 is 0 Å². The quantitative estimate of drug-likeness (QED) is 0.333. The lowest BCUT2D eigenvalue weighted by Gasteiger charge is -2.06. The van der Waals surface area contributed by atoms with Crippen LogP contribution in [0, 0.1) is 0 Å². The van der Waals surface area contributed by atoms with Gasteiger partial charge in [0.25, 0.3) is 0 Å². The molecule has 26 heavy (non-hydrogen) atoms. The minimum Gasteiger partial charge on any atom is -0.420 e. The molecule has 0 aliphatic carbocycles. The van der Waals surface area contributed by atoms with Crippen LogP contribution in [0.4, 0.5) is 0 Å². The summed E-state index contributed by atoms with van der Waals surface area (Å²) in [6, 6.07) is 15.9. The van der Waals surface area contributed by atoms with E-state index in [1.807, 2.05) is 59.3 Å². The topological polar surface area (TPSA) is 56.7 Å². The molecular formula is C18H12Br2N4OS. The molecule has 130 valence electrons. The summed E-state index contributed by atoms with van der Waals surface area (Å²) in [5, 5.41) is 9.14. The van der Waals surface area contributed by atoms with E-state index in [1.54, 1.807) is 18.0 Å². The summed E-state index contributed by atoms with van der Waals surface area (Å²) in [4.78, 5) is 4.42. The van der Waals surface area contributed by atoms with E-state index in [4.69, 9.17) is 4.42 Å². The Bertz CT molecular complexity index is 1010. The minimum atomic E-state index is 0.518. The first kappa shape index (κ1) is 17.5. The predicted molar refractivity (Wildman–Crippen MR) is 108 cm³/mol. The van der Waals surface area contributed by atoms with Crippen molar-refractivity contribution < 1.29 is 4.42 Å². The van der Waals surface area contributed by atoms with E-state index in [2.05, 4.69) is 47.0 Å². The Labute approximate surface area is 171 Å². The molecule has 0 amide bonds. The van der Waals surface area contributed by atoms with Gasteiger partial charge in [0.05, 0.1) is 5.75 Å². The lowest BCUT2D eigenvalue weighted by molar-refractivity contribution is 0.528. The van der Waals surface area contributed by atoms with Crippen molar-refractivity contribution in [3.8, 4) is 17.1 Å². The lowest BCUT2D eigenvalue weighted by Crippen LogP contribution is -1.95. The Balaban J connectivity index is 1.48. The fraction of sp³-hybridized carbons (Fsp3) is 0.0556. The Morgan fingerprint density at radius 2 is 1.62 bits per heavy atom. The van der Waals surface area contributed by atoms with Crippen LogP contribution >= 0.6 is 43.6 Å². The third kappa shape index (κ3) is 3.92. The number of imidazole rings is 1. The highest BCUT2D eigenvalue weighted by atomic mass is 79.9. The van der Waals surface area contributed by atoms with Gasteiger partial charge in [0.1, 0.15) is 0 Å². The molecule has 0 aliphatic rings. The largest absolute Gasteiger partial charge is 0.420 e. The zero-order valence-electron chi connectivity index (χ0n) is 13.3. The second-order valence-electron chi connectivity index (χ2n) is 5.35. The van der Waals surface area contributed by atoms with Gasteiger partial charge in [0, 0.05) is 32.6 Å². The van der Waals surface area contributed by atoms with Crippen LogP contribution < -0.4 is 0 Å². The van der Waals surface area contributed by atoms with Crippen molar-refractivity contribution in [1.82, 2.24) is 19.7 Å². The van der Waals surface area contributed by atoms with E-state index in [1.165, 1.54) is 0 Å². The maximum Gasteiger partial charge on any atom is 0.247 e. The summed E-state index contributed by atoms with van der Waals surface area (Å²) >= 11 is 8.43. The van der Waals surface area contributed by atoms with Crippen LogP contribution in [0.25, 0.3) is 17.1 Å². The molecule has 0 aliphatic heterocycles. The van der Waals surface area contributed by atoms with E-state index in [9.17, 15) is 0 Å². The third-order valence-corrected chi connectivity index (χ3v) is 5.60. The summed E-state index contributed by atoms with van der Waals surface area (Å²) < 4.78 is 9.85. The van der Waals surface area contributed by atoms with Crippen molar-refractivity contribution in [3.05, 3.63) is 75.8 Å². The first-order valence-corrected chi connectivity index (χ1v) is 10.3. The number of rotatable bonds is 5. The second kappa shape index (κ2) is 7.77. The minimum absolute atomic E-state index is 0.518. The summed E-state index contributed by atoms with van der Waals surface area (Å²) in [6.45, 7) is 0. The molecule has 0 atom stereocenters. The molecule has 5 nitrogen and oxygen atoms in total. The van der Waals surface area contributed by atoms with Gasteiger partial charge in [-0.25, -0.2) is 4.98 Å². The zero-order valence-corrected chi connectivity index (χ0v) is 17.3. The van der Waals surface area contributed by atoms with E-state index in [0.29, 0.717) is 17.5 Å². The Morgan fingerprint density at radius 3 is 2.35 bits per heavy atom. The first-order valence-electron chi connectivity index (χ1n) is 7.69. The maximum absolute atomic E-state index is 5.77. The highest BCUT2D eigenvalue weighted by molar-refractivity contribution is 9.10. The predicted octanol–water partition coefficient (Wildman–Crippen LogP) is 5.74. The van der Waals surface area contributed by atoms with Gasteiger partial charge in [-0.15, -0.1) is 10.2 Å². The van der Waals surface area contributed by atoms with Gasteiger partial charge in [-0.2, -0.15) is 0 Å². The molecule has 4 aromatic rings. The molecule has 2 aromatic carbocycles. The fourth-order valence-electron chi connectivity index (χ4n) is 2.34. The summed E-state index contributed by atoms with van der Waals surface area (Å²) in [6.07, 6.45) is 3.72. The van der Waals surface area contributed by atoms with Crippen LogP contribution in [0.15, 0.2) is 79.4 Å². The molecule has 4 rings (SSSR count). The van der Waals surface area contributed by atoms with Crippen LogP contribution in [-0.4, -0.2) is 19.7 Å². The van der Waals surface area contributed by atoms with E-state index in [0.717, 1.165) is 25.4 Å².